The molecule has 2 heterocycles. The highest BCUT2D eigenvalue weighted by Gasteiger charge is 2.19. The summed E-state index contributed by atoms with van der Waals surface area (Å²) < 4.78 is 0. The van der Waals surface area contributed by atoms with E-state index in [9.17, 15) is 0 Å². The van der Waals surface area contributed by atoms with Gasteiger partial charge in [-0.1, -0.05) is 36.4 Å². The van der Waals surface area contributed by atoms with Crippen molar-refractivity contribution in [1.29, 1.82) is 0 Å². The molecule has 2 aromatic carbocycles. The Labute approximate surface area is 148 Å². The van der Waals surface area contributed by atoms with E-state index in [4.69, 9.17) is 5.73 Å². The number of hydrogen-bond acceptors (Lipinski definition) is 4. The summed E-state index contributed by atoms with van der Waals surface area (Å²) >= 11 is 0. The molecule has 4 heteroatoms. The number of anilines is 2. The predicted molar refractivity (Wildman–Crippen MR) is 105 cm³/mol. The lowest BCUT2D eigenvalue weighted by Gasteiger charge is -2.31. The average molecular weight is 332 g/mol. The molecule has 3 N–H and O–H groups in total. The summed E-state index contributed by atoms with van der Waals surface area (Å²) in [4.78, 5) is 7.04. The van der Waals surface area contributed by atoms with Gasteiger partial charge in [0.15, 0.2) is 0 Å². The minimum Gasteiger partial charge on any atom is -0.381 e. The van der Waals surface area contributed by atoms with Gasteiger partial charge in [0.2, 0.25) is 0 Å². The molecule has 0 radical (unpaired) electrons. The van der Waals surface area contributed by atoms with Crippen LogP contribution < -0.4 is 16.0 Å². The first kappa shape index (κ1) is 15.9. The maximum absolute atomic E-state index is 6.05. The van der Waals surface area contributed by atoms with Crippen LogP contribution in [0.1, 0.15) is 18.4 Å². The predicted octanol–water partition coefficient (Wildman–Crippen LogP) is 3.77. The molecule has 4 nitrogen and oxygen atoms in total. The fourth-order valence-electron chi connectivity index (χ4n) is 3.43. The second-order valence-electron chi connectivity index (χ2n) is 6.73. The lowest BCUT2D eigenvalue weighted by Crippen LogP contribution is -2.40. The Balaban J connectivity index is 1.59. The van der Waals surface area contributed by atoms with E-state index in [2.05, 4.69) is 63.7 Å². The first-order valence-electron chi connectivity index (χ1n) is 8.97. The van der Waals surface area contributed by atoms with E-state index >= 15 is 0 Å². The molecule has 25 heavy (non-hydrogen) atoms. The van der Waals surface area contributed by atoms with Gasteiger partial charge >= 0.3 is 0 Å². The number of nitrogens with one attached hydrogen (secondary N) is 1. The standard InChI is InChI=1S/C21H24N4/c22-18-9-12-25(13-10-18)21-20-14-19(7-6-17(20)8-11-23-21)24-15-16-4-2-1-3-5-16/h1-8,11,14,18,24H,9-10,12-13,15,22H2. The summed E-state index contributed by atoms with van der Waals surface area (Å²) in [7, 11) is 0. The van der Waals surface area contributed by atoms with Crippen molar-refractivity contribution >= 4 is 22.3 Å². The third-order valence-corrected chi connectivity index (χ3v) is 4.92. The van der Waals surface area contributed by atoms with Crippen LogP contribution in [-0.4, -0.2) is 24.1 Å². The van der Waals surface area contributed by atoms with Gasteiger partial charge in [0, 0.05) is 42.9 Å². The molecule has 128 valence electrons. The number of nitrogens with zero attached hydrogens (tertiary/aromatic N) is 2. The molecule has 0 bridgehead atoms. The maximum Gasteiger partial charge on any atom is 0.136 e. The van der Waals surface area contributed by atoms with Crippen molar-refractivity contribution in [3.8, 4) is 0 Å². The maximum atomic E-state index is 6.05. The second kappa shape index (κ2) is 7.11. The lowest BCUT2D eigenvalue weighted by atomic mass is 10.0. The molecule has 4 rings (SSSR count). The molecule has 0 spiro atoms. The normalized spacial score (nSPS) is 15.5. The summed E-state index contributed by atoms with van der Waals surface area (Å²) in [5.74, 6) is 1.08. The summed E-state index contributed by atoms with van der Waals surface area (Å²) in [5.41, 5.74) is 8.45. The lowest BCUT2D eigenvalue weighted by molar-refractivity contribution is 0.499. The van der Waals surface area contributed by atoms with Crippen LogP contribution in [0, 0.1) is 0 Å². The molecule has 0 amide bonds. The SMILES string of the molecule is NC1CCN(c2nccc3ccc(NCc4ccccc4)cc23)CC1. The number of fused-ring (bicyclic) bond motifs is 1. The van der Waals surface area contributed by atoms with E-state index < -0.39 is 0 Å². The highest BCUT2D eigenvalue weighted by molar-refractivity contribution is 5.94. The topological polar surface area (TPSA) is 54.2 Å². The van der Waals surface area contributed by atoms with Crippen LogP contribution in [0.2, 0.25) is 0 Å². The van der Waals surface area contributed by atoms with Gasteiger partial charge in [0.1, 0.15) is 5.82 Å². The second-order valence-corrected chi connectivity index (χ2v) is 6.73. The quantitative estimate of drug-likeness (QED) is 0.763. The van der Waals surface area contributed by atoms with E-state index in [1.165, 1.54) is 16.3 Å². The van der Waals surface area contributed by atoms with Gasteiger partial charge in [-0.3, -0.25) is 0 Å². The van der Waals surface area contributed by atoms with Crippen molar-refractivity contribution in [2.24, 2.45) is 5.73 Å². The number of aromatic nitrogens is 1. The van der Waals surface area contributed by atoms with Crippen molar-refractivity contribution in [2.45, 2.75) is 25.4 Å². The number of rotatable bonds is 4. The molecule has 0 unspecified atom stereocenters. The molecule has 0 atom stereocenters. The average Bonchev–Trinajstić information content (AvgIpc) is 2.67. The molecule has 3 aromatic rings. The van der Waals surface area contributed by atoms with E-state index in [1.54, 1.807) is 0 Å². The first-order valence-corrected chi connectivity index (χ1v) is 8.97. The van der Waals surface area contributed by atoms with Gasteiger partial charge in [0.25, 0.3) is 0 Å². The number of hydrogen-bond donors (Lipinski definition) is 2. The number of benzene rings is 2. The van der Waals surface area contributed by atoms with Gasteiger partial charge in [-0.25, -0.2) is 4.98 Å². The molecule has 1 saturated heterocycles. The van der Waals surface area contributed by atoms with Crippen LogP contribution >= 0.6 is 0 Å². The number of nitrogens with two attached hydrogens (primary N) is 1. The van der Waals surface area contributed by atoms with E-state index in [1.807, 2.05) is 12.3 Å². The van der Waals surface area contributed by atoms with E-state index in [-0.39, 0.29) is 0 Å². The summed E-state index contributed by atoms with van der Waals surface area (Å²) in [5, 5.41) is 5.96. The molecule has 1 aliphatic rings. The van der Waals surface area contributed by atoms with Crippen LogP contribution in [0.3, 0.4) is 0 Å². The molecule has 1 aliphatic heterocycles. The Bertz CT molecular complexity index is 839. The van der Waals surface area contributed by atoms with Gasteiger partial charge < -0.3 is 16.0 Å². The summed E-state index contributed by atoms with van der Waals surface area (Å²) in [6, 6.07) is 19.4. The fraction of sp³-hybridized carbons (Fsp3) is 0.286. The Morgan fingerprint density at radius 1 is 1.04 bits per heavy atom. The summed E-state index contributed by atoms with van der Waals surface area (Å²) in [6.07, 6.45) is 3.97. The van der Waals surface area contributed by atoms with Crippen molar-refractivity contribution in [1.82, 2.24) is 4.98 Å². The van der Waals surface area contributed by atoms with Crippen molar-refractivity contribution in [3.05, 3.63) is 66.4 Å². The van der Waals surface area contributed by atoms with Crippen LogP contribution in [-0.2, 0) is 6.54 Å². The minimum atomic E-state index is 0.328. The Hall–Kier alpha value is -2.59. The molecular weight excluding hydrogens is 308 g/mol. The zero-order chi connectivity index (χ0) is 17.1. The monoisotopic (exact) mass is 332 g/mol. The molecule has 1 fully saturated rings. The highest BCUT2D eigenvalue weighted by atomic mass is 15.2. The van der Waals surface area contributed by atoms with Gasteiger partial charge in [-0.05, 0) is 42.0 Å². The van der Waals surface area contributed by atoms with Crippen molar-refractivity contribution in [3.63, 3.8) is 0 Å². The van der Waals surface area contributed by atoms with Crippen molar-refractivity contribution in [2.75, 3.05) is 23.3 Å². The van der Waals surface area contributed by atoms with E-state index in [0.717, 1.165) is 44.0 Å². The van der Waals surface area contributed by atoms with Crippen LogP contribution in [0.5, 0.6) is 0 Å². The largest absolute Gasteiger partial charge is 0.381 e. The van der Waals surface area contributed by atoms with Gasteiger partial charge in [-0.2, -0.15) is 0 Å². The highest BCUT2D eigenvalue weighted by Crippen LogP contribution is 2.29. The van der Waals surface area contributed by atoms with Crippen LogP contribution in [0.15, 0.2) is 60.8 Å². The van der Waals surface area contributed by atoms with Crippen LogP contribution in [0.25, 0.3) is 10.8 Å². The van der Waals surface area contributed by atoms with Gasteiger partial charge in [-0.15, -0.1) is 0 Å². The third-order valence-electron chi connectivity index (χ3n) is 4.92. The zero-order valence-electron chi connectivity index (χ0n) is 14.4. The Kier molecular flexibility index (Phi) is 4.53. The number of piperidine rings is 1. The molecule has 1 aromatic heterocycles. The molecule has 0 aliphatic carbocycles. The minimum absolute atomic E-state index is 0.328. The van der Waals surface area contributed by atoms with Crippen molar-refractivity contribution < 1.29 is 0 Å². The zero-order valence-corrected chi connectivity index (χ0v) is 14.4. The van der Waals surface area contributed by atoms with E-state index in [0.29, 0.717) is 6.04 Å². The smallest absolute Gasteiger partial charge is 0.136 e. The summed E-state index contributed by atoms with van der Waals surface area (Å²) in [6.45, 7) is 2.78. The number of pyridine rings is 1. The van der Waals surface area contributed by atoms with Crippen LogP contribution in [0.4, 0.5) is 11.5 Å². The Morgan fingerprint density at radius 3 is 2.64 bits per heavy atom. The fourth-order valence-corrected chi connectivity index (χ4v) is 3.43. The third kappa shape index (κ3) is 3.59. The molecular formula is C21H24N4. The van der Waals surface area contributed by atoms with Gasteiger partial charge in [0.05, 0.1) is 0 Å². The molecule has 0 saturated carbocycles. The Morgan fingerprint density at radius 2 is 1.84 bits per heavy atom. The first-order chi connectivity index (χ1) is 12.3.